The van der Waals surface area contributed by atoms with E-state index in [0.29, 0.717) is 18.8 Å². The highest BCUT2D eigenvalue weighted by Crippen LogP contribution is 2.00. The quantitative estimate of drug-likeness (QED) is 0.649. The van der Waals surface area contributed by atoms with Crippen molar-refractivity contribution < 1.29 is 5.11 Å². The molecule has 5 heteroatoms. The molecule has 1 rings (SSSR count). The maximum Gasteiger partial charge on any atom is 0.166 e. The minimum atomic E-state index is -0.125. The van der Waals surface area contributed by atoms with Crippen LogP contribution in [0.1, 0.15) is 25.2 Å². The summed E-state index contributed by atoms with van der Waals surface area (Å²) >= 11 is 0. The lowest BCUT2D eigenvalue weighted by atomic mass is 10.3. The fourth-order valence-electron chi connectivity index (χ4n) is 0.858. The van der Waals surface area contributed by atoms with Gasteiger partial charge in [-0.3, -0.25) is 4.68 Å². The Morgan fingerprint density at radius 2 is 2.50 bits per heavy atom. The molecule has 0 aromatic carbocycles. The van der Waals surface area contributed by atoms with Crippen LogP contribution in [0.3, 0.4) is 0 Å². The van der Waals surface area contributed by atoms with Gasteiger partial charge < -0.3 is 10.8 Å². The Hall–Kier alpha value is -0.940. The molecule has 0 spiro atoms. The molecule has 3 N–H and O–H groups in total. The Morgan fingerprint density at radius 1 is 1.75 bits per heavy atom. The van der Waals surface area contributed by atoms with Crippen LogP contribution in [-0.2, 0) is 6.54 Å². The van der Waals surface area contributed by atoms with Gasteiger partial charge in [-0.15, -0.1) is 0 Å². The van der Waals surface area contributed by atoms with E-state index >= 15 is 0 Å². The van der Waals surface area contributed by atoms with E-state index < -0.39 is 0 Å². The molecule has 1 unspecified atom stereocenters. The molecular formula is C7H14N4O. The molecule has 1 aromatic heterocycles. The average Bonchev–Trinajstić information content (AvgIpc) is 2.48. The molecule has 0 aliphatic heterocycles. The summed E-state index contributed by atoms with van der Waals surface area (Å²) in [7, 11) is 0. The van der Waals surface area contributed by atoms with Crippen molar-refractivity contribution in [3.8, 4) is 0 Å². The minimum absolute atomic E-state index is 0.125. The van der Waals surface area contributed by atoms with Gasteiger partial charge in [-0.1, -0.05) is 0 Å². The van der Waals surface area contributed by atoms with Gasteiger partial charge in [0.25, 0.3) is 0 Å². The molecule has 0 amide bonds. The maximum absolute atomic E-state index is 8.56. The molecule has 12 heavy (non-hydrogen) atoms. The number of nitrogens with two attached hydrogens (primary N) is 1. The summed E-state index contributed by atoms with van der Waals surface area (Å²) in [6.07, 6.45) is 2.33. The number of rotatable bonds is 4. The number of aryl methyl sites for hydroxylation is 1. The fourth-order valence-corrected chi connectivity index (χ4v) is 0.858. The molecule has 1 heterocycles. The summed E-state index contributed by atoms with van der Waals surface area (Å²) in [5, 5.41) is 12.7. The summed E-state index contributed by atoms with van der Waals surface area (Å²) in [5.74, 6) is 0.646. The monoisotopic (exact) mass is 170 g/mol. The van der Waals surface area contributed by atoms with E-state index in [1.165, 1.54) is 0 Å². The van der Waals surface area contributed by atoms with Crippen molar-refractivity contribution >= 4 is 0 Å². The second kappa shape index (κ2) is 4.18. The van der Waals surface area contributed by atoms with E-state index in [0.717, 1.165) is 0 Å². The van der Waals surface area contributed by atoms with Crippen LogP contribution in [-0.4, -0.2) is 26.5 Å². The van der Waals surface area contributed by atoms with Gasteiger partial charge in [-0.05, 0) is 13.3 Å². The Balaban J connectivity index is 2.52. The van der Waals surface area contributed by atoms with Gasteiger partial charge in [0.05, 0.1) is 6.04 Å². The first-order chi connectivity index (χ1) is 5.74. The largest absolute Gasteiger partial charge is 0.396 e. The number of aromatic nitrogens is 3. The normalized spacial score (nSPS) is 13.2. The molecule has 0 saturated carbocycles. The molecule has 0 bridgehead atoms. The molecule has 0 fully saturated rings. The van der Waals surface area contributed by atoms with Crippen molar-refractivity contribution in [3.05, 3.63) is 12.2 Å². The maximum atomic E-state index is 8.56. The van der Waals surface area contributed by atoms with Crippen LogP contribution in [0.4, 0.5) is 0 Å². The van der Waals surface area contributed by atoms with Gasteiger partial charge in [0.1, 0.15) is 6.33 Å². The standard InChI is InChI=1S/C7H14N4O/c1-6(8)7-9-5-11(10-7)3-2-4-12/h5-6,12H,2-4,8H2,1H3. The summed E-state index contributed by atoms with van der Waals surface area (Å²) in [4.78, 5) is 4.01. The Kier molecular flexibility index (Phi) is 3.19. The second-order valence-electron chi connectivity index (χ2n) is 2.73. The smallest absolute Gasteiger partial charge is 0.166 e. The molecule has 1 aromatic rings. The fraction of sp³-hybridized carbons (Fsp3) is 0.714. The first-order valence-corrected chi connectivity index (χ1v) is 4.00. The molecule has 0 radical (unpaired) electrons. The minimum Gasteiger partial charge on any atom is -0.396 e. The van der Waals surface area contributed by atoms with Gasteiger partial charge in [0.2, 0.25) is 0 Å². The van der Waals surface area contributed by atoms with Crippen LogP contribution < -0.4 is 5.73 Å². The zero-order chi connectivity index (χ0) is 8.97. The zero-order valence-electron chi connectivity index (χ0n) is 7.14. The van der Waals surface area contributed by atoms with Crippen molar-refractivity contribution in [2.45, 2.75) is 25.9 Å². The Labute approximate surface area is 71.2 Å². The van der Waals surface area contributed by atoms with E-state index in [2.05, 4.69) is 10.1 Å². The van der Waals surface area contributed by atoms with Gasteiger partial charge in [0.15, 0.2) is 5.82 Å². The van der Waals surface area contributed by atoms with Crippen LogP contribution in [0, 0.1) is 0 Å². The third-order valence-corrected chi connectivity index (χ3v) is 1.51. The van der Waals surface area contributed by atoms with Crippen LogP contribution in [0.15, 0.2) is 6.33 Å². The SMILES string of the molecule is CC(N)c1ncn(CCCO)n1. The van der Waals surface area contributed by atoms with Crippen molar-refractivity contribution in [3.63, 3.8) is 0 Å². The van der Waals surface area contributed by atoms with Crippen LogP contribution >= 0.6 is 0 Å². The highest BCUT2D eigenvalue weighted by molar-refractivity contribution is 4.87. The number of hydrogen-bond donors (Lipinski definition) is 2. The number of hydrogen-bond acceptors (Lipinski definition) is 4. The topological polar surface area (TPSA) is 77.0 Å². The van der Waals surface area contributed by atoms with Crippen LogP contribution in [0.5, 0.6) is 0 Å². The summed E-state index contributed by atoms with van der Waals surface area (Å²) in [6, 6.07) is -0.125. The molecule has 68 valence electrons. The second-order valence-corrected chi connectivity index (χ2v) is 2.73. The van der Waals surface area contributed by atoms with Gasteiger partial charge in [-0.25, -0.2) is 4.98 Å². The molecule has 0 saturated heterocycles. The first kappa shape index (κ1) is 9.15. The van der Waals surface area contributed by atoms with E-state index in [-0.39, 0.29) is 12.6 Å². The molecule has 5 nitrogen and oxygen atoms in total. The van der Waals surface area contributed by atoms with Gasteiger partial charge in [0, 0.05) is 13.2 Å². The van der Waals surface area contributed by atoms with Gasteiger partial charge >= 0.3 is 0 Å². The third-order valence-electron chi connectivity index (χ3n) is 1.51. The average molecular weight is 170 g/mol. The lowest BCUT2D eigenvalue weighted by molar-refractivity contribution is 0.276. The number of nitrogens with zero attached hydrogens (tertiary/aromatic N) is 3. The highest BCUT2D eigenvalue weighted by atomic mass is 16.3. The van der Waals surface area contributed by atoms with Crippen LogP contribution in [0.2, 0.25) is 0 Å². The predicted octanol–water partition coefficient (Wildman–Crippen LogP) is -0.320. The number of aliphatic hydroxyl groups excluding tert-OH is 1. The summed E-state index contributed by atoms with van der Waals surface area (Å²) in [6.45, 7) is 2.70. The molecule has 1 atom stereocenters. The molecule has 0 aliphatic carbocycles. The predicted molar refractivity (Wildman–Crippen MR) is 44.3 cm³/mol. The summed E-state index contributed by atoms with van der Waals surface area (Å²) in [5.41, 5.74) is 5.57. The van der Waals surface area contributed by atoms with Crippen molar-refractivity contribution in [1.29, 1.82) is 0 Å². The van der Waals surface area contributed by atoms with Crippen LogP contribution in [0.25, 0.3) is 0 Å². The van der Waals surface area contributed by atoms with Crippen molar-refractivity contribution in [2.75, 3.05) is 6.61 Å². The first-order valence-electron chi connectivity index (χ1n) is 4.00. The van der Waals surface area contributed by atoms with Gasteiger partial charge in [-0.2, -0.15) is 5.10 Å². The third kappa shape index (κ3) is 2.28. The zero-order valence-corrected chi connectivity index (χ0v) is 7.14. The lowest BCUT2D eigenvalue weighted by Crippen LogP contribution is -2.08. The van der Waals surface area contributed by atoms with Crippen molar-refractivity contribution in [2.24, 2.45) is 5.73 Å². The Morgan fingerprint density at radius 3 is 3.00 bits per heavy atom. The summed E-state index contributed by atoms with van der Waals surface area (Å²) < 4.78 is 1.69. The van der Waals surface area contributed by atoms with E-state index in [1.54, 1.807) is 11.0 Å². The molecular weight excluding hydrogens is 156 g/mol. The Bertz CT molecular complexity index is 233. The van der Waals surface area contributed by atoms with E-state index in [4.69, 9.17) is 10.8 Å². The number of aliphatic hydroxyl groups is 1. The highest BCUT2D eigenvalue weighted by Gasteiger charge is 2.04. The molecule has 0 aliphatic rings. The van der Waals surface area contributed by atoms with Crippen molar-refractivity contribution in [1.82, 2.24) is 14.8 Å². The van der Waals surface area contributed by atoms with E-state index in [9.17, 15) is 0 Å². The lowest BCUT2D eigenvalue weighted by Gasteiger charge is -1.98. The van der Waals surface area contributed by atoms with E-state index in [1.807, 2.05) is 6.92 Å².